The molecule has 0 saturated carbocycles. The maximum absolute atomic E-state index is 13.3. The largest absolute Gasteiger partial charge is 0.507 e. The third-order valence-electron chi connectivity index (χ3n) is 6.13. The van der Waals surface area contributed by atoms with Crippen molar-refractivity contribution >= 4 is 23.1 Å². The van der Waals surface area contributed by atoms with Crippen LogP contribution in [0.25, 0.3) is 5.76 Å². The maximum Gasteiger partial charge on any atom is 0.300 e. The number of Topliss-reactive ketones (excluding diaryl/α,β-unsaturated/α-hetero) is 1. The second-order valence-corrected chi connectivity index (χ2v) is 8.30. The van der Waals surface area contributed by atoms with Crippen LogP contribution in [0.3, 0.4) is 0 Å². The third kappa shape index (κ3) is 3.46. The molecule has 2 aliphatic heterocycles. The number of carbonyl (C=O) groups is 2. The van der Waals surface area contributed by atoms with Crippen LogP contribution in [0.4, 0.5) is 5.69 Å². The number of carbonyl (C=O) groups excluding carboxylic acids is 2. The SMILES string of the molecule is COc1ccc(C2/C(=C(/O)c3ccc4c(c3)OCO4)C(=O)C(=O)N2c2ccc(C)cc2C)cc1. The topological polar surface area (TPSA) is 85.3 Å². The number of aliphatic hydroxyl groups excluding tert-OH is 1. The molecule has 1 saturated heterocycles. The van der Waals surface area contributed by atoms with Gasteiger partial charge in [-0.3, -0.25) is 14.5 Å². The lowest BCUT2D eigenvalue weighted by Crippen LogP contribution is -2.30. The first-order chi connectivity index (χ1) is 16.4. The van der Waals surface area contributed by atoms with Crippen LogP contribution in [0.2, 0.25) is 0 Å². The van der Waals surface area contributed by atoms with Gasteiger partial charge in [-0.1, -0.05) is 29.8 Å². The molecule has 0 aromatic heterocycles. The minimum absolute atomic E-state index is 0.00834. The average Bonchev–Trinajstić information content (AvgIpc) is 3.41. The van der Waals surface area contributed by atoms with Crippen LogP contribution >= 0.6 is 0 Å². The number of aryl methyl sites for hydroxylation is 2. The van der Waals surface area contributed by atoms with Crippen molar-refractivity contribution in [3.8, 4) is 17.2 Å². The number of anilines is 1. The maximum atomic E-state index is 13.3. The van der Waals surface area contributed by atoms with Crippen molar-refractivity contribution in [1.29, 1.82) is 0 Å². The van der Waals surface area contributed by atoms with Crippen molar-refractivity contribution in [2.75, 3.05) is 18.8 Å². The quantitative estimate of drug-likeness (QED) is 0.348. The zero-order chi connectivity index (χ0) is 24.0. The zero-order valence-corrected chi connectivity index (χ0v) is 19.0. The molecule has 2 heterocycles. The van der Waals surface area contributed by atoms with Crippen LogP contribution in [-0.2, 0) is 9.59 Å². The molecule has 7 heteroatoms. The highest BCUT2D eigenvalue weighted by Gasteiger charge is 2.47. The summed E-state index contributed by atoms with van der Waals surface area (Å²) in [4.78, 5) is 28.1. The van der Waals surface area contributed by atoms with Crippen LogP contribution in [0.1, 0.15) is 28.3 Å². The van der Waals surface area contributed by atoms with E-state index >= 15 is 0 Å². The Balaban J connectivity index is 1.71. The molecule has 1 fully saturated rings. The van der Waals surface area contributed by atoms with Crippen molar-refractivity contribution in [2.45, 2.75) is 19.9 Å². The Morgan fingerprint density at radius 3 is 2.41 bits per heavy atom. The summed E-state index contributed by atoms with van der Waals surface area (Å²) in [5.74, 6) is -0.0635. The summed E-state index contributed by atoms with van der Waals surface area (Å²) in [6.45, 7) is 3.94. The molecule has 1 atom stereocenters. The standard InChI is InChI=1S/C27H23NO6/c1-15-4-10-20(16(2)12-15)28-24(17-5-8-19(32-3)9-6-17)23(26(30)27(28)31)25(29)18-7-11-21-22(13-18)34-14-33-21/h4-13,24,29H,14H2,1-3H3/b25-23-. The van der Waals surface area contributed by atoms with Gasteiger partial charge in [0.25, 0.3) is 11.7 Å². The van der Waals surface area contributed by atoms with Gasteiger partial charge in [-0.05, 0) is 61.4 Å². The molecule has 3 aromatic rings. The van der Waals surface area contributed by atoms with Gasteiger partial charge in [0.05, 0.1) is 18.7 Å². The molecule has 0 bridgehead atoms. The summed E-state index contributed by atoms with van der Waals surface area (Å²) in [5.41, 5.74) is 3.54. The number of amides is 1. The molecule has 172 valence electrons. The summed E-state index contributed by atoms with van der Waals surface area (Å²) in [7, 11) is 1.57. The minimum atomic E-state index is -0.822. The van der Waals surface area contributed by atoms with Crippen LogP contribution in [0.15, 0.2) is 66.2 Å². The fraction of sp³-hybridized carbons (Fsp3) is 0.185. The van der Waals surface area contributed by atoms with Gasteiger partial charge in [-0.2, -0.15) is 0 Å². The van der Waals surface area contributed by atoms with Crippen molar-refractivity contribution in [3.05, 3.63) is 88.5 Å². The highest BCUT2D eigenvalue weighted by molar-refractivity contribution is 6.51. The molecule has 34 heavy (non-hydrogen) atoms. The van der Waals surface area contributed by atoms with Crippen molar-refractivity contribution in [3.63, 3.8) is 0 Å². The summed E-state index contributed by atoms with van der Waals surface area (Å²) in [6, 6.07) is 16.9. The number of methoxy groups -OCH3 is 1. The third-order valence-corrected chi connectivity index (χ3v) is 6.13. The molecule has 1 unspecified atom stereocenters. The number of rotatable bonds is 4. The molecular formula is C27H23NO6. The van der Waals surface area contributed by atoms with E-state index in [0.717, 1.165) is 11.1 Å². The van der Waals surface area contributed by atoms with E-state index < -0.39 is 17.7 Å². The van der Waals surface area contributed by atoms with E-state index in [2.05, 4.69) is 0 Å². The monoisotopic (exact) mass is 457 g/mol. The minimum Gasteiger partial charge on any atom is -0.507 e. The van der Waals surface area contributed by atoms with Crippen LogP contribution < -0.4 is 19.1 Å². The molecule has 0 radical (unpaired) electrons. The number of hydrogen-bond donors (Lipinski definition) is 1. The van der Waals surface area contributed by atoms with Gasteiger partial charge in [0.1, 0.15) is 11.5 Å². The highest BCUT2D eigenvalue weighted by Crippen LogP contribution is 2.44. The molecule has 0 spiro atoms. The molecule has 3 aromatic carbocycles. The van der Waals surface area contributed by atoms with Gasteiger partial charge in [0.15, 0.2) is 11.5 Å². The Labute approximate surface area is 196 Å². The van der Waals surface area contributed by atoms with Crippen LogP contribution in [-0.4, -0.2) is 30.7 Å². The first kappa shape index (κ1) is 21.6. The van der Waals surface area contributed by atoms with E-state index in [1.165, 1.54) is 4.90 Å². The van der Waals surface area contributed by atoms with Crippen LogP contribution in [0.5, 0.6) is 17.2 Å². The molecule has 1 amide bonds. The lowest BCUT2D eigenvalue weighted by atomic mass is 9.94. The number of ether oxygens (including phenoxy) is 3. The van der Waals surface area contributed by atoms with Gasteiger partial charge < -0.3 is 19.3 Å². The van der Waals surface area contributed by atoms with Crippen molar-refractivity contribution < 1.29 is 28.9 Å². The van der Waals surface area contributed by atoms with E-state index in [-0.39, 0.29) is 18.1 Å². The lowest BCUT2D eigenvalue weighted by Gasteiger charge is -2.27. The summed E-state index contributed by atoms with van der Waals surface area (Å²) < 4.78 is 16.0. The second-order valence-electron chi connectivity index (χ2n) is 8.30. The van der Waals surface area contributed by atoms with Crippen molar-refractivity contribution in [1.82, 2.24) is 0 Å². The Morgan fingerprint density at radius 2 is 1.71 bits per heavy atom. The summed E-state index contributed by atoms with van der Waals surface area (Å²) >= 11 is 0. The fourth-order valence-corrected chi connectivity index (χ4v) is 4.46. The molecule has 2 aliphatic rings. The molecule has 1 N–H and O–H groups in total. The zero-order valence-electron chi connectivity index (χ0n) is 19.0. The van der Waals surface area contributed by atoms with E-state index in [4.69, 9.17) is 14.2 Å². The van der Waals surface area contributed by atoms with Gasteiger partial charge in [0, 0.05) is 11.3 Å². The highest BCUT2D eigenvalue weighted by atomic mass is 16.7. The second kappa shape index (κ2) is 8.26. The normalized spacial score (nSPS) is 18.4. The van der Waals surface area contributed by atoms with Gasteiger partial charge in [-0.15, -0.1) is 0 Å². The molecule has 7 nitrogen and oxygen atoms in total. The smallest absolute Gasteiger partial charge is 0.300 e. The predicted molar refractivity (Wildman–Crippen MR) is 126 cm³/mol. The van der Waals surface area contributed by atoms with Gasteiger partial charge in [0.2, 0.25) is 6.79 Å². The lowest BCUT2D eigenvalue weighted by molar-refractivity contribution is -0.132. The van der Waals surface area contributed by atoms with Crippen LogP contribution in [0, 0.1) is 13.8 Å². The Bertz CT molecular complexity index is 1340. The summed E-state index contributed by atoms with van der Waals surface area (Å²) in [5, 5.41) is 11.3. The van der Waals surface area contributed by atoms with E-state index in [1.807, 2.05) is 32.0 Å². The number of nitrogens with zero attached hydrogens (tertiary/aromatic N) is 1. The molecular weight excluding hydrogens is 434 g/mol. The Hall–Kier alpha value is -4.26. The number of aliphatic hydroxyl groups is 1. The fourth-order valence-electron chi connectivity index (χ4n) is 4.46. The van der Waals surface area contributed by atoms with E-state index in [9.17, 15) is 14.7 Å². The summed E-state index contributed by atoms with van der Waals surface area (Å²) in [6.07, 6.45) is 0. The predicted octanol–water partition coefficient (Wildman–Crippen LogP) is 4.67. The number of benzene rings is 3. The van der Waals surface area contributed by atoms with E-state index in [0.29, 0.717) is 34.1 Å². The van der Waals surface area contributed by atoms with Gasteiger partial charge in [-0.25, -0.2) is 0 Å². The number of hydrogen-bond acceptors (Lipinski definition) is 6. The molecule has 0 aliphatic carbocycles. The molecule has 5 rings (SSSR count). The van der Waals surface area contributed by atoms with Gasteiger partial charge >= 0.3 is 0 Å². The first-order valence-electron chi connectivity index (χ1n) is 10.8. The Morgan fingerprint density at radius 1 is 0.971 bits per heavy atom. The Kier molecular flexibility index (Phi) is 5.24. The van der Waals surface area contributed by atoms with E-state index in [1.54, 1.807) is 49.6 Å². The number of ketones is 1. The number of fused-ring (bicyclic) bond motifs is 1. The van der Waals surface area contributed by atoms with Crippen molar-refractivity contribution in [2.24, 2.45) is 0 Å². The average molecular weight is 457 g/mol. The first-order valence-corrected chi connectivity index (χ1v) is 10.8.